The second kappa shape index (κ2) is 7.67. The van der Waals surface area contributed by atoms with Crippen molar-refractivity contribution in [3.63, 3.8) is 0 Å². The molecular formula is C5H19B3N4. The lowest BCUT2D eigenvalue weighted by molar-refractivity contribution is 0.645. The Balaban J connectivity index is 3.84. The topological polar surface area (TPSA) is 39.3 Å². The van der Waals surface area contributed by atoms with Gasteiger partial charge in [0.15, 0.2) is 7.98 Å². The zero-order valence-electron chi connectivity index (χ0n) is 8.65. The molecule has 0 bridgehead atoms. The Morgan fingerprint density at radius 2 is 2.17 bits per heavy atom. The summed E-state index contributed by atoms with van der Waals surface area (Å²) in [6, 6.07) is 0. The average molecular weight is 168 g/mol. The van der Waals surface area contributed by atoms with E-state index in [0.29, 0.717) is 0 Å². The fourth-order valence-electron chi connectivity index (χ4n) is 1.20. The molecule has 0 fully saturated rings. The van der Waals surface area contributed by atoms with Crippen LogP contribution < -0.4 is 15.6 Å². The van der Waals surface area contributed by atoms with Crippen LogP contribution in [0.15, 0.2) is 0 Å². The SMILES string of the molecule is BNBN(CC)B(NC)NCC. The van der Waals surface area contributed by atoms with Gasteiger partial charge in [-0.2, -0.15) is 0 Å². The summed E-state index contributed by atoms with van der Waals surface area (Å²) in [5.41, 5.74) is 0. The van der Waals surface area contributed by atoms with Crippen LogP contribution in [0.5, 0.6) is 0 Å². The van der Waals surface area contributed by atoms with Crippen LogP contribution in [-0.4, -0.2) is 47.5 Å². The van der Waals surface area contributed by atoms with Crippen LogP contribution in [0.25, 0.3) is 0 Å². The molecule has 0 aromatic heterocycles. The minimum atomic E-state index is 0.271. The lowest BCUT2D eigenvalue weighted by Crippen LogP contribution is -2.61. The monoisotopic (exact) mass is 168 g/mol. The number of hydrogen-bond acceptors (Lipinski definition) is 4. The van der Waals surface area contributed by atoms with E-state index in [1.165, 1.54) is 0 Å². The van der Waals surface area contributed by atoms with Crippen LogP contribution in [0.4, 0.5) is 0 Å². The molecule has 0 atom stereocenters. The van der Waals surface area contributed by atoms with Gasteiger partial charge in [-0.1, -0.05) is 13.8 Å². The fraction of sp³-hybridized carbons (Fsp3) is 1.00. The van der Waals surface area contributed by atoms with Crippen molar-refractivity contribution >= 4 is 22.6 Å². The number of rotatable bonds is 7. The van der Waals surface area contributed by atoms with Gasteiger partial charge in [-0.05, 0) is 20.1 Å². The molecule has 0 unspecified atom stereocenters. The molecule has 0 aromatic rings. The van der Waals surface area contributed by atoms with Crippen LogP contribution in [0.3, 0.4) is 0 Å². The first-order chi connectivity index (χ1) is 5.79. The summed E-state index contributed by atoms with van der Waals surface area (Å²) in [5.74, 6) is 0. The van der Waals surface area contributed by atoms with Gasteiger partial charge in [0.2, 0.25) is 0 Å². The third-order valence-corrected chi connectivity index (χ3v) is 1.80. The molecule has 0 aliphatic rings. The molecule has 0 amide bonds. The maximum atomic E-state index is 3.34. The van der Waals surface area contributed by atoms with Gasteiger partial charge in [-0.25, -0.2) is 0 Å². The summed E-state index contributed by atoms with van der Waals surface area (Å²) in [6.45, 7) is 6.27. The normalized spacial score (nSPS) is 10.3. The van der Waals surface area contributed by atoms with Crippen molar-refractivity contribution in [2.24, 2.45) is 0 Å². The smallest absolute Gasteiger partial charge is 0.386 e. The third kappa shape index (κ3) is 4.16. The molecule has 0 radical (unpaired) electrons. The third-order valence-electron chi connectivity index (χ3n) is 1.80. The fourth-order valence-corrected chi connectivity index (χ4v) is 1.20. The van der Waals surface area contributed by atoms with Gasteiger partial charge in [0.25, 0.3) is 7.55 Å². The van der Waals surface area contributed by atoms with E-state index >= 15 is 0 Å². The molecule has 0 saturated carbocycles. The zero-order chi connectivity index (χ0) is 9.40. The quantitative estimate of drug-likeness (QED) is 0.368. The first-order valence-electron chi connectivity index (χ1n) is 4.59. The van der Waals surface area contributed by atoms with E-state index in [2.05, 4.69) is 34.2 Å². The van der Waals surface area contributed by atoms with Crippen molar-refractivity contribution in [2.45, 2.75) is 13.8 Å². The highest BCUT2D eigenvalue weighted by Crippen LogP contribution is 1.83. The molecule has 4 nitrogen and oxygen atoms in total. The molecular weight excluding hydrogens is 149 g/mol. The van der Waals surface area contributed by atoms with Gasteiger partial charge in [0.05, 0.1) is 0 Å². The minimum absolute atomic E-state index is 0.271. The van der Waals surface area contributed by atoms with E-state index in [9.17, 15) is 0 Å². The first-order valence-corrected chi connectivity index (χ1v) is 4.59. The highest BCUT2D eigenvalue weighted by atomic mass is 15.2. The van der Waals surface area contributed by atoms with Crippen LogP contribution in [-0.2, 0) is 0 Å². The molecule has 0 saturated heterocycles. The van der Waals surface area contributed by atoms with Gasteiger partial charge in [0.1, 0.15) is 0 Å². The largest absolute Gasteiger partial charge is 0.394 e. The van der Waals surface area contributed by atoms with Crippen molar-refractivity contribution in [3.05, 3.63) is 0 Å². The highest BCUT2D eigenvalue weighted by molar-refractivity contribution is 6.61. The van der Waals surface area contributed by atoms with Crippen LogP contribution >= 0.6 is 0 Å². The Labute approximate surface area is 77.7 Å². The van der Waals surface area contributed by atoms with Gasteiger partial charge >= 0.3 is 7.12 Å². The van der Waals surface area contributed by atoms with E-state index in [1.807, 2.05) is 15.0 Å². The Bertz CT molecular complexity index is 92.7. The molecule has 0 aromatic carbocycles. The Hall–Kier alpha value is 0.0348. The molecule has 0 heterocycles. The zero-order valence-corrected chi connectivity index (χ0v) is 8.65. The average Bonchev–Trinajstić information content (AvgIpc) is 2.11. The Morgan fingerprint density at radius 3 is 2.50 bits per heavy atom. The van der Waals surface area contributed by atoms with Gasteiger partial charge < -0.3 is 20.3 Å². The van der Waals surface area contributed by atoms with Crippen molar-refractivity contribution in [3.8, 4) is 0 Å². The standard InChI is InChI=1S/C5H19B3N4/c1-4-10-8(9-3)12(5-2)7-11-6/h7,9-11H,4-6H2,1-3H3. The molecule has 7 heteroatoms. The lowest BCUT2D eigenvalue weighted by Gasteiger charge is -2.26. The van der Waals surface area contributed by atoms with E-state index < -0.39 is 0 Å². The van der Waals surface area contributed by atoms with Gasteiger partial charge in [-0.3, -0.25) is 0 Å². The predicted octanol–water partition coefficient (Wildman–Crippen LogP) is -2.47. The molecule has 0 aliphatic carbocycles. The number of nitrogens with zero attached hydrogens (tertiary/aromatic N) is 1. The van der Waals surface area contributed by atoms with Crippen LogP contribution in [0, 0.1) is 0 Å². The molecule has 68 valence electrons. The Morgan fingerprint density at radius 1 is 1.50 bits per heavy atom. The van der Waals surface area contributed by atoms with Crippen molar-refractivity contribution in [1.82, 2.24) is 20.3 Å². The molecule has 0 spiro atoms. The second-order valence-corrected chi connectivity index (χ2v) is 2.67. The van der Waals surface area contributed by atoms with Crippen molar-refractivity contribution < 1.29 is 0 Å². The number of nitrogens with one attached hydrogen (secondary N) is 3. The summed E-state index contributed by atoms with van der Waals surface area (Å²) in [7, 11) is 5.09. The molecule has 0 aliphatic heterocycles. The maximum Gasteiger partial charge on any atom is 0.386 e. The van der Waals surface area contributed by atoms with Gasteiger partial charge in [-0.15, -0.1) is 0 Å². The summed E-state index contributed by atoms with van der Waals surface area (Å²) in [4.78, 5) is 0. The highest BCUT2D eigenvalue weighted by Gasteiger charge is 2.19. The first kappa shape index (κ1) is 12.0. The predicted molar refractivity (Wildman–Crippen MR) is 59.7 cm³/mol. The van der Waals surface area contributed by atoms with E-state index in [4.69, 9.17) is 0 Å². The van der Waals surface area contributed by atoms with Crippen molar-refractivity contribution in [2.75, 3.05) is 20.1 Å². The van der Waals surface area contributed by atoms with E-state index in [1.54, 1.807) is 0 Å². The molecule has 0 rings (SSSR count). The second-order valence-electron chi connectivity index (χ2n) is 2.67. The number of hydrogen-bond donors (Lipinski definition) is 3. The van der Waals surface area contributed by atoms with Crippen LogP contribution in [0.2, 0.25) is 0 Å². The summed E-state index contributed by atoms with van der Waals surface area (Å²) in [6.07, 6.45) is 0. The lowest BCUT2D eigenvalue weighted by atomic mass is 9.81. The molecule has 3 N–H and O–H groups in total. The summed E-state index contributed by atoms with van der Waals surface area (Å²) in [5, 5.41) is 9.69. The molecule has 12 heavy (non-hydrogen) atoms. The summed E-state index contributed by atoms with van der Waals surface area (Å²) < 4.78 is 2.28. The van der Waals surface area contributed by atoms with Crippen molar-refractivity contribution in [1.29, 1.82) is 0 Å². The maximum absolute atomic E-state index is 3.34. The Kier molecular flexibility index (Phi) is 7.69. The summed E-state index contributed by atoms with van der Waals surface area (Å²) >= 11 is 0. The van der Waals surface area contributed by atoms with Gasteiger partial charge in [0, 0.05) is 0 Å². The van der Waals surface area contributed by atoms with E-state index in [-0.39, 0.29) is 7.12 Å². The van der Waals surface area contributed by atoms with Crippen LogP contribution in [0.1, 0.15) is 13.8 Å². The minimum Gasteiger partial charge on any atom is -0.394 e. The van der Waals surface area contributed by atoms with E-state index in [0.717, 1.165) is 20.6 Å².